The van der Waals surface area contributed by atoms with Gasteiger partial charge in [0.25, 0.3) is 5.91 Å². The average Bonchev–Trinajstić information content (AvgIpc) is 2.77. The fourth-order valence-corrected chi connectivity index (χ4v) is 2.22. The molecular formula is C16H22ClN3O. The summed E-state index contributed by atoms with van der Waals surface area (Å²) >= 11 is 0. The molecule has 1 aromatic heterocycles. The summed E-state index contributed by atoms with van der Waals surface area (Å²) in [5.41, 5.74) is 2.71. The van der Waals surface area contributed by atoms with Gasteiger partial charge in [0, 0.05) is 19.3 Å². The lowest BCUT2D eigenvalue weighted by Gasteiger charge is -2.13. The highest BCUT2D eigenvalue weighted by atomic mass is 35.5. The van der Waals surface area contributed by atoms with E-state index in [1.807, 2.05) is 39.1 Å². The molecule has 21 heavy (non-hydrogen) atoms. The highest BCUT2D eigenvalue weighted by Gasteiger charge is 2.14. The van der Waals surface area contributed by atoms with Gasteiger partial charge in [0.15, 0.2) is 0 Å². The molecule has 1 amide bonds. The van der Waals surface area contributed by atoms with E-state index in [9.17, 15) is 4.79 Å². The van der Waals surface area contributed by atoms with Crippen molar-refractivity contribution in [2.24, 2.45) is 7.05 Å². The first kappa shape index (κ1) is 17.2. The predicted octanol–water partition coefficient (Wildman–Crippen LogP) is 2.90. The topological polar surface area (TPSA) is 46.9 Å². The van der Waals surface area contributed by atoms with Crippen molar-refractivity contribution in [2.75, 3.05) is 0 Å². The third-order valence-electron chi connectivity index (χ3n) is 3.34. The SMILES string of the molecule is Cc1nn(C)cc1C(=O)NC(C)CCc1ccccc1.Cl. The van der Waals surface area contributed by atoms with Gasteiger partial charge in [-0.25, -0.2) is 0 Å². The summed E-state index contributed by atoms with van der Waals surface area (Å²) < 4.78 is 1.67. The van der Waals surface area contributed by atoms with Crippen molar-refractivity contribution >= 4 is 18.3 Å². The number of aromatic nitrogens is 2. The van der Waals surface area contributed by atoms with E-state index in [1.165, 1.54) is 5.56 Å². The molecule has 1 atom stereocenters. The number of carbonyl (C=O) groups is 1. The van der Waals surface area contributed by atoms with Gasteiger partial charge in [0.05, 0.1) is 11.3 Å². The molecule has 0 saturated heterocycles. The van der Waals surface area contributed by atoms with E-state index in [2.05, 4.69) is 22.5 Å². The molecule has 5 heteroatoms. The zero-order chi connectivity index (χ0) is 14.5. The van der Waals surface area contributed by atoms with Gasteiger partial charge in [0.1, 0.15) is 0 Å². The van der Waals surface area contributed by atoms with Crippen molar-refractivity contribution in [3.8, 4) is 0 Å². The van der Waals surface area contributed by atoms with Crippen LogP contribution in [-0.2, 0) is 13.5 Å². The molecule has 0 bridgehead atoms. The maximum Gasteiger partial charge on any atom is 0.254 e. The number of benzene rings is 1. The molecule has 1 aromatic carbocycles. The van der Waals surface area contributed by atoms with E-state index < -0.39 is 0 Å². The molecule has 0 spiro atoms. The summed E-state index contributed by atoms with van der Waals surface area (Å²) in [4.78, 5) is 12.1. The van der Waals surface area contributed by atoms with E-state index in [-0.39, 0.29) is 24.4 Å². The molecule has 0 aliphatic carbocycles. The van der Waals surface area contributed by atoms with E-state index in [0.29, 0.717) is 5.56 Å². The first-order chi connectivity index (χ1) is 9.56. The Bertz CT molecular complexity index is 580. The number of hydrogen-bond donors (Lipinski definition) is 1. The zero-order valence-corrected chi connectivity index (χ0v) is 13.5. The molecule has 0 fully saturated rings. The Morgan fingerprint density at radius 1 is 1.33 bits per heavy atom. The highest BCUT2D eigenvalue weighted by Crippen LogP contribution is 2.08. The second kappa shape index (κ2) is 7.84. The monoisotopic (exact) mass is 307 g/mol. The average molecular weight is 308 g/mol. The minimum Gasteiger partial charge on any atom is -0.349 e. The third kappa shape index (κ3) is 4.90. The van der Waals surface area contributed by atoms with Gasteiger partial charge in [-0.15, -0.1) is 12.4 Å². The van der Waals surface area contributed by atoms with Crippen molar-refractivity contribution in [3.63, 3.8) is 0 Å². The number of hydrogen-bond acceptors (Lipinski definition) is 2. The van der Waals surface area contributed by atoms with Crippen LogP contribution in [0.5, 0.6) is 0 Å². The predicted molar refractivity (Wildman–Crippen MR) is 86.9 cm³/mol. The van der Waals surface area contributed by atoms with Crippen molar-refractivity contribution in [1.82, 2.24) is 15.1 Å². The quantitative estimate of drug-likeness (QED) is 0.923. The van der Waals surface area contributed by atoms with Crippen LogP contribution < -0.4 is 5.32 Å². The van der Waals surface area contributed by atoms with Crippen LogP contribution in [0.3, 0.4) is 0 Å². The smallest absolute Gasteiger partial charge is 0.254 e. The van der Waals surface area contributed by atoms with E-state index >= 15 is 0 Å². The van der Waals surface area contributed by atoms with Crippen molar-refractivity contribution in [3.05, 3.63) is 53.3 Å². The molecule has 2 rings (SSSR count). The number of nitrogens with zero attached hydrogens (tertiary/aromatic N) is 2. The van der Waals surface area contributed by atoms with Crippen LogP contribution >= 0.6 is 12.4 Å². The molecule has 2 aromatic rings. The van der Waals surface area contributed by atoms with Crippen molar-refractivity contribution in [2.45, 2.75) is 32.7 Å². The summed E-state index contributed by atoms with van der Waals surface area (Å²) in [6.07, 6.45) is 3.65. The second-order valence-electron chi connectivity index (χ2n) is 5.20. The largest absolute Gasteiger partial charge is 0.349 e. The Morgan fingerprint density at radius 3 is 2.57 bits per heavy atom. The van der Waals surface area contributed by atoms with Crippen LogP contribution in [0.25, 0.3) is 0 Å². The van der Waals surface area contributed by atoms with Gasteiger partial charge in [0.2, 0.25) is 0 Å². The van der Waals surface area contributed by atoms with Crippen LogP contribution in [0.1, 0.15) is 35.0 Å². The summed E-state index contributed by atoms with van der Waals surface area (Å²) in [6.45, 7) is 3.89. The first-order valence-corrected chi connectivity index (χ1v) is 6.91. The highest BCUT2D eigenvalue weighted by molar-refractivity contribution is 5.95. The molecule has 0 aliphatic heterocycles. The minimum absolute atomic E-state index is 0. The van der Waals surface area contributed by atoms with E-state index in [0.717, 1.165) is 18.5 Å². The zero-order valence-electron chi connectivity index (χ0n) is 12.7. The summed E-state index contributed by atoms with van der Waals surface area (Å²) in [6, 6.07) is 10.5. The van der Waals surface area contributed by atoms with Crippen LogP contribution in [-0.4, -0.2) is 21.7 Å². The lowest BCUT2D eigenvalue weighted by atomic mass is 10.1. The molecular weight excluding hydrogens is 286 g/mol. The minimum atomic E-state index is -0.0452. The van der Waals surface area contributed by atoms with E-state index in [4.69, 9.17) is 0 Å². The number of aryl methyl sites for hydroxylation is 3. The van der Waals surface area contributed by atoms with Crippen LogP contribution in [0.15, 0.2) is 36.5 Å². The van der Waals surface area contributed by atoms with Crippen LogP contribution in [0.2, 0.25) is 0 Å². The number of nitrogens with one attached hydrogen (secondary N) is 1. The van der Waals surface area contributed by atoms with Crippen molar-refractivity contribution < 1.29 is 4.79 Å². The fourth-order valence-electron chi connectivity index (χ4n) is 2.22. The number of carbonyl (C=O) groups excluding carboxylic acids is 1. The van der Waals surface area contributed by atoms with Crippen molar-refractivity contribution in [1.29, 1.82) is 0 Å². The van der Waals surface area contributed by atoms with Crippen LogP contribution in [0, 0.1) is 6.92 Å². The fraction of sp³-hybridized carbons (Fsp3) is 0.375. The summed E-state index contributed by atoms with van der Waals surface area (Å²) in [7, 11) is 1.82. The molecule has 0 radical (unpaired) electrons. The molecule has 1 N–H and O–H groups in total. The van der Waals surface area contributed by atoms with Gasteiger partial charge in [-0.1, -0.05) is 30.3 Å². The maximum atomic E-state index is 12.1. The molecule has 0 saturated carbocycles. The number of rotatable bonds is 5. The lowest BCUT2D eigenvalue weighted by molar-refractivity contribution is 0.0938. The molecule has 114 valence electrons. The molecule has 4 nitrogen and oxygen atoms in total. The van der Waals surface area contributed by atoms with Gasteiger partial charge in [-0.2, -0.15) is 5.10 Å². The van der Waals surface area contributed by atoms with Crippen LogP contribution in [0.4, 0.5) is 0 Å². The Labute approximate surface area is 132 Å². The third-order valence-corrected chi connectivity index (χ3v) is 3.34. The Hall–Kier alpha value is -1.81. The van der Waals surface area contributed by atoms with Gasteiger partial charge in [-0.05, 0) is 32.3 Å². The first-order valence-electron chi connectivity index (χ1n) is 6.91. The Balaban J connectivity index is 0.00000220. The maximum absolute atomic E-state index is 12.1. The summed E-state index contributed by atoms with van der Waals surface area (Å²) in [5.74, 6) is -0.0452. The van der Waals surface area contributed by atoms with Gasteiger partial charge >= 0.3 is 0 Å². The normalized spacial score (nSPS) is 11.6. The van der Waals surface area contributed by atoms with E-state index in [1.54, 1.807) is 10.9 Å². The van der Waals surface area contributed by atoms with Gasteiger partial charge in [-0.3, -0.25) is 9.48 Å². The summed E-state index contributed by atoms with van der Waals surface area (Å²) in [5, 5.41) is 7.22. The Morgan fingerprint density at radius 2 is 2.00 bits per heavy atom. The number of amides is 1. The molecule has 1 unspecified atom stereocenters. The lowest BCUT2D eigenvalue weighted by Crippen LogP contribution is -2.33. The number of halogens is 1. The standard InChI is InChI=1S/C16H21N3O.ClH/c1-12(9-10-14-7-5-4-6-8-14)17-16(20)15-11-19(3)18-13(15)2;/h4-8,11-12H,9-10H2,1-3H3,(H,17,20);1H. The molecule has 0 aliphatic rings. The van der Waals surface area contributed by atoms with Gasteiger partial charge < -0.3 is 5.32 Å². The molecule has 1 heterocycles. The second-order valence-corrected chi connectivity index (χ2v) is 5.20. The Kier molecular flexibility index (Phi) is 6.43.